The van der Waals surface area contributed by atoms with Gasteiger partial charge in [-0.1, -0.05) is 33.6 Å². The van der Waals surface area contributed by atoms with Crippen LogP contribution in [-0.2, 0) is 0 Å². The van der Waals surface area contributed by atoms with Crippen LogP contribution in [0.5, 0.6) is 5.75 Å². The minimum Gasteiger partial charge on any atom is -0.496 e. The van der Waals surface area contributed by atoms with E-state index in [0.29, 0.717) is 11.3 Å². The molecule has 0 aliphatic heterocycles. The summed E-state index contributed by atoms with van der Waals surface area (Å²) in [5.41, 5.74) is 5.41. The summed E-state index contributed by atoms with van der Waals surface area (Å²) in [7, 11) is 1.55. The number of halogens is 2. The van der Waals surface area contributed by atoms with Gasteiger partial charge in [0.05, 0.1) is 13.2 Å². The van der Waals surface area contributed by atoms with Crippen LogP contribution in [0.15, 0.2) is 40.9 Å². The maximum absolute atomic E-state index is 13.5. The number of nitrogens with two attached hydrogens (primary N) is 1. The maximum atomic E-state index is 13.5. The first kappa shape index (κ1) is 15.0. The minimum absolute atomic E-state index is 0.329. The van der Waals surface area contributed by atoms with Gasteiger partial charge in [0.1, 0.15) is 11.6 Å². The van der Waals surface area contributed by atoms with E-state index in [9.17, 15) is 4.39 Å². The number of hydrogen-bond acceptors (Lipinski definition) is 3. The number of hydrazine groups is 1. The Morgan fingerprint density at radius 2 is 1.95 bits per heavy atom. The Balaban J connectivity index is 2.57. The van der Waals surface area contributed by atoms with Crippen molar-refractivity contribution in [3.8, 4) is 5.75 Å². The first-order valence-corrected chi connectivity index (χ1v) is 6.91. The van der Waals surface area contributed by atoms with Crippen LogP contribution in [0.2, 0.25) is 0 Å². The van der Waals surface area contributed by atoms with Crippen molar-refractivity contribution in [2.24, 2.45) is 5.84 Å². The van der Waals surface area contributed by atoms with E-state index < -0.39 is 0 Å². The zero-order valence-electron chi connectivity index (χ0n) is 11.3. The van der Waals surface area contributed by atoms with E-state index in [1.54, 1.807) is 13.2 Å². The molecule has 2 rings (SSSR count). The number of aryl methyl sites for hydroxylation is 1. The van der Waals surface area contributed by atoms with Crippen LogP contribution in [0.1, 0.15) is 22.7 Å². The van der Waals surface area contributed by atoms with Gasteiger partial charge in [-0.15, -0.1) is 0 Å². The first-order chi connectivity index (χ1) is 9.56. The van der Waals surface area contributed by atoms with Gasteiger partial charge in [0, 0.05) is 10.0 Å². The molecule has 0 saturated heterocycles. The molecule has 2 aromatic carbocycles. The van der Waals surface area contributed by atoms with E-state index in [2.05, 4.69) is 21.4 Å². The topological polar surface area (TPSA) is 47.3 Å². The molecule has 0 amide bonds. The van der Waals surface area contributed by atoms with Crippen LogP contribution in [0.3, 0.4) is 0 Å². The van der Waals surface area contributed by atoms with Crippen molar-refractivity contribution in [1.29, 1.82) is 0 Å². The summed E-state index contributed by atoms with van der Waals surface area (Å²) >= 11 is 3.50. The highest BCUT2D eigenvalue weighted by molar-refractivity contribution is 9.10. The Morgan fingerprint density at radius 3 is 2.60 bits per heavy atom. The van der Waals surface area contributed by atoms with Crippen LogP contribution in [0.25, 0.3) is 0 Å². The lowest BCUT2D eigenvalue weighted by Gasteiger charge is -2.21. The molecule has 1 atom stereocenters. The average molecular weight is 339 g/mol. The molecule has 3 N–H and O–H groups in total. The lowest BCUT2D eigenvalue weighted by Crippen LogP contribution is -2.29. The number of nitrogens with one attached hydrogen (secondary N) is 1. The number of hydrogen-bond donors (Lipinski definition) is 2. The third-order valence-electron chi connectivity index (χ3n) is 3.13. The molecule has 0 aliphatic carbocycles. The molecular weight excluding hydrogens is 323 g/mol. The monoisotopic (exact) mass is 338 g/mol. The molecule has 1 unspecified atom stereocenters. The van der Waals surface area contributed by atoms with E-state index in [1.807, 2.05) is 25.1 Å². The van der Waals surface area contributed by atoms with Crippen molar-refractivity contribution in [1.82, 2.24) is 5.43 Å². The Morgan fingerprint density at radius 1 is 1.20 bits per heavy atom. The van der Waals surface area contributed by atoms with Gasteiger partial charge in [0.25, 0.3) is 0 Å². The molecule has 0 aliphatic rings. The Hall–Kier alpha value is -1.43. The third kappa shape index (κ3) is 3.00. The molecule has 0 spiro atoms. The molecular formula is C15H16BrFN2O. The molecule has 3 nitrogen and oxygen atoms in total. The van der Waals surface area contributed by atoms with Crippen molar-refractivity contribution < 1.29 is 9.13 Å². The van der Waals surface area contributed by atoms with E-state index >= 15 is 0 Å². The Labute approximate surface area is 126 Å². The second-order valence-corrected chi connectivity index (χ2v) is 5.37. The molecule has 0 saturated carbocycles. The summed E-state index contributed by atoms with van der Waals surface area (Å²) in [5.74, 6) is 5.94. The zero-order valence-corrected chi connectivity index (χ0v) is 12.9. The molecule has 106 valence electrons. The van der Waals surface area contributed by atoms with E-state index in [4.69, 9.17) is 10.6 Å². The second-order valence-electron chi connectivity index (χ2n) is 4.51. The van der Waals surface area contributed by atoms with Crippen molar-refractivity contribution >= 4 is 15.9 Å². The van der Waals surface area contributed by atoms with Gasteiger partial charge in [0.2, 0.25) is 0 Å². The smallest absolute Gasteiger partial charge is 0.124 e. The van der Waals surface area contributed by atoms with Gasteiger partial charge in [0.15, 0.2) is 0 Å². The summed E-state index contributed by atoms with van der Waals surface area (Å²) in [5, 5.41) is 0. The summed E-state index contributed by atoms with van der Waals surface area (Å²) in [6.07, 6.45) is 0. The van der Waals surface area contributed by atoms with Gasteiger partial charge in [-0.3, -0.25) is 5.84 Å². The van der Waals surface area contributed by atoms with E-state index in [-0.39, 0.29) is 11.9 Å². The highest BCUT2D eigenvalue weighted by Gasteiger charge is 2.20. The van der Waals surface area contributed by atoms with Crippen LogP contribution in [0.4, 0.5) is 4.39 Å². The second kappa shape index (κ2) is 6.35. The van der Waals surface area contributed by atoms with Crippen LogP contribution >= 0.6 is 15.9 Å². The third-order valence-corrected chi connectivity index (χ3v) is 3.85. The van der Waals surface area contributed by atoms with Gasteiger partial charge in [-0.25, -0.2) is 9.82 Å². The standard InChI is InChI=1S/C15H16BrFN2O/c1-9-3-5-13(16)11(7-9)15(19-18)12-8-10(17)4-6-14(12)20-2/h3-8,15,19H,18H2,1-2H3. The van der Waals surface area contributed by atoms with Crippen LogP contribution in [-0.4, -0.2) is 7.11 Å². The van der Waals surface area contributed by atoms with E-state index in [1.165, 1.54) is 12.1 Å². The number of methoxy groups -OCH3 is 1. The van der Waals surface area contributed by atoms with Gasteiger partial charge in [-0.05, 0) is 36.8 Å². The zero-order chi connectivity index (χ0) is 14.7. The Kier molecular flexibility index (Phi) is 4.75. The normalized spacial score (nSPS) is 12.2. The van der Waals surface area contributed by atoms with Crippen molar-refractivity contribution in [3.05, 3.63) is 63.4 Å². The molecule has 0 heterocycles. The van der Waals surface area contributed by atoms with Gasteiger partial charge in [-0.2, -0.15) is 0 Å². The summed E-state index contributed by atoms with van der Waals surface area (Å²) in [6, 6.07) is 9.96. The van der Waals surface area contributed by atoms with Gasteiger partial charge < -0.3 is 4.74 Å². The number of rotatable bonds is 4. The molecule has 0 bridgehead atoms. The lowest BCUT2D eigenvalue weighted by atomic mass is 9.97. The first-order valence-electron chi connectivity index (χ1n) is 6.12. The minimum atomic E-state index is -0.366. The molecule has 5 heteroatoms. The quantitative estimate of drug-likeness (QED) is 0.663. The molecule has 2 aromatic rings. The van der Waals surface area contributed by atoms with Crippen molar-refractivity contribution in [3.63, 3.8) is 0 Å². The largest absolute Gasteiger partial charge is 0.496 e. The fourth-order valence-corrected chi connectivity index (χ4v) is 2.64. The van der Waals surface area contributed by atoms with Crippen molar-refractivity contribution in [2.75, 3.05) is 7.11 Å². The SMILES string of the molecule is COc1ccc(F)cc1C(NN)c1cc(C)ccc1Br. The summed E-state index contributed by atoms with van der Waals surface area (Å²) < 4.78 is 19.7. The Bertz CT molecular complexity index is 619. The van der Waals surface area contributed by atoms with Gasteiger partial charge >= 0.3 is 0 Å². The summed E-state index contributed by atoms with van der Waals surface area (Å²) in [4.78, 5) is 0. The average Bonchev–Trinajstić information content (AvgIpc) is 2.44. The predicted molar refractivity (Wildman–Crippen MR) is 81.0 cm³/mol. The number of benzene rings is 2. The fourth-order valence-electron chi connectivity index (χ4n) is 2.16. The fraction of sp³-hybridized carbons (Fsp3) is 0.200. The lowest BCUT2D eigenvalue weighted by molar-refractivity contribution is 0.402. The summed E-state index contributed by atoms with van der Waals surface area (Å²) in [6.45, 7) is 1.99. The predicted octanol–water partition coefficient (Wildman–Crippen LogP) is 3.46. The highest BCUT2D eigenvalue weighted by Crippen LogP contribution is 2.34. The highest BCUT2D eigenvalue weighted by atomic mass is 79.9. The van der Waals surface area contributed by atoms with Crippen molar-refractivity contribution in [2.45, 2.75) is 13.0 Å². The maximum Gasteiger partial charge on any atom is 0.124 e. The number of ether oxygens (including phenoxy) is 1. The van der Waals surface area contributed by atoms with Crippen LogP contribution in [0, 0.1) is 12.7 Å². The molecule has 0 radical (unpaired) electrons. The van der Waals surface area contributed by atoms with E-state index in [0.717, 1.165) is 15.6 Å². The molecule has 0 aromatic heterocycles. The molecule has 0 fully saturated rings. The molecule has 20 heavy (non-hydrogen) atoms. The van der Waals surface area contributed by atoms with Crippen LogP contribution < -0.4 is 16.0 Å².